The summed E-state index contributed by atoms with van der Waals surface area (Å²) in [5, 5.41) is 15.5. The number of hydrogen-bond donors (Lipinski definition) is 1. The highest BCUT2D eigenvalue weighted by Crippen LogP contribution is 2.14. The van der Waals surface area contributed by atoms with E-state index in [1.54, 1.807) is 13.1 Å². The van der Waals surface area contributed by atoms with Crippen molar-refractivity contribution in [2.24, 2.45) is 7.05 Å². The standard InChI is InChI=1S/C16H16N4O2/c1-3-22-14-7-4-12(5-8-14)6-9-15(21)19-16-13(10-17)11-18-20(16)2/h4-9,11H,3H2,1-2H3,(H,19,21)/b9-6+. The molecule has 0 fully saturated rings. The Morgan fingerprint density at radius 2 is 2.18 bits per heavy atom. The fourth-order valence-electron chi connectivity index (χ4n) is 1.84. The first-order valence-electron chi connectivity index (χ1n) is 6.78. The van der Waals surface area contributed by atoms with E-state index in [1.165, 1.54) is 17.0 Å². The van der Waals surface area contributed by atoms with E-state index in [4.69, 9.17) is 10.00 Å². The first-order chi connectivity index (χ1) is 10.6. The highest BCUT2D eigenvalue weighted by atomic mass is 16.5. The average molecular weight is 296 g/mol. The topological polar surface area (TPSA) is 79.9 Å². The molecule has 0 saturated carbocycles. The number of amides is 1. The van der Waals surface area contributed by atoms with Gasteiger partial charge in [-0.3, -0.25) is 9.48 Å². The lowest BCUT2D eigenvalue weighted by atomic mass is 10.2. The summed E-state index contributed by atoms with van der Waals surface area (Å²) < 4.78 is 6.80. The van der Waals surface area contributed by atoms with Crippen molar-refractivity contribution in [3.05, 3.63) is 47.7 Å². The predicted octanol–water partition coefficient (Wildman–Crippen LogP) is 2.34. The average Bonchev–Trinajstić information content (AvgIpc) is 2.87. The molecule has 0 aliphatic rings. The largest absolute Gasteiger partial charge is 0.494 e. The molecule has 1 heterocycles. The SMILES string of the molecule is CCOc1ccc(/C=C/C(=O)Nc2c(C#N)cnn2C)cc1. The van der Waals surface area contributed by atoms with Gasteiger partial charge in [0.1, 0.15) is 23.2 Å². The Kier molecular flexibility index (Phi) is 4.94. The Morgan fingerprint density at radius 3 is 2.82 bits per heavy atom. The van der Waals surface area contributed by atoms with Crippen molar-refractivity contribution < 1.29 is 9.53 Å². The molecule has 112 valence electrons. The molecule has 0 atom stereocenters. The lowest BCUT2D eigenvalue weighted by molar-refractivity contribution is -0.111. The number of rotatable bonds is 5. The minimum Gasteiger partial charge on any atom is -0.494 e. The Hall–Kier alpha value is -3.07. The first kappa shape index (κ1) is 15.3. The van der Waals surface area contributed by atoms with E-state index in [0.29, 0.717) is 18.0 Å². The quantitative estimate of drug-likeness (QED) is 0.859. The molecule has 6 heteroatoms. The van der Waals surface area contributed by atoms with E-state index in [1.807, 2.05) is 37.3 Å². The number of benzene rings is 1. The van der Waals surface area contributed by atoms with Gasteiger partial charge >= 0.3 is 0 Å². The zero-order valence-electron chi connectivity index (χ0n) is 12.4. The van der Waals surface area contributed by atoms with Crippen molar-refractivity contribution in [1.82, 2.24) is 9.78 Å². The normalized spacial score (nSPS) is 10.4. The molecule has 1 N–H and O–H groups in total. The number of carbonyl (C=O) groups is 1. The number of carbonyl (C=O) groups excluding carboxylic acids is 1. The zero-order chi connectivity index (χ0) is 15.9. The molecule has 1 amide bonds. The molecule has 0 radical (unpaired) electrons. The van der Waals surface area contributed by atoms with Crippen LogP contribution in [0.1, 0.15) is 18.1 Å². The van der Waals surface area contributed by atoms with Crippen molar-refractivity contribution >= 4 is 17.8 Å². The summed E-state index contributed by atoms with van der Waals surface area (Å²) in [5.74, 6) is 0.843. The first-order valence-corrected chi connectivity index (χ1v) is 6.78. The second kappa shape index (κ2) is 7.09. The Bertz CT molecular complexity index is 724. The van der Waals surface area contributed by atoms with Crippen LogP contribution in [-0.2, 0) is 11.8 Å². The zero-order valence-corrected chi connectivity index (χ0v) is 12.4. The summed E-state index contributed by atoms with van der Waals surface area (Å²) >= 11 is 0. The molecule has 1 aromatic carbocycles. The van der Waals surface area contributed by atoms with Crippen molar-refractivity contribution in [3.63, 3.8) is 0 Å². The van der Waals surface area contributed by atoms with Crippen LogP contribution in [0.5, 0.6) is 5.75 Å². The lowest BCUT2D eigenvalue weighted by Crippen LogP contribution is -2.12. The predicted molar refractivity (Wildman–Crippen MR) is 83.2 cm³/mol. The van der Waals surface area contributed by atoms with Gasteiger partial charge in [-0.25, -0.2) is 0 Å². The smallest absolute Gasteiger partial charge is 0.249 e. The molecule has 0 aliphatic heterocycles. The third kappa shape index (κ3) is 3.73. The van der Waals surface area contributed by atoms with Crippen molar-refractivity contribution in [2.45, 2.75) is 6.92 Å². The molecular formula is C16H16N4O2. The van der Waals surface area contributed by atoms with Gasteiger partial charge < -0.3 is 10.1 Å². The van der Waals surface area contributed by atoms with Gasteiger partial charge in [0.2, 0.25) is 5.91 Å². The van der Waals surface area contributed by atoms with Crippen LogP contribution in [0.4, 0.5) is 5.82 Å². The third-order valence-electron chi connectivity index (χ3n) is 2.92. The van der Waals surface area contributed by atoms with Crippen LogP contribution >= 0.6 is 0 Å². The molecule has 0 unspecified atom stereocenters. The van der Waals surface area contributed by atoms with E-state index in [2.05, 4.69) is 10.4 Å². The van der Waals surface area contributed by atoms with Crippen LogP contribution in [0.2, 0.25) is 0 Å². The molecule has 0 bridgehead atoms. The minimum absolute atomic E-state index is 0.324. The summed E-state index contributed by atoms with van der Waals surface area (Å²) in [4.78, 5) is 11.9. The molecule has 0 aliphatic carbocycles. The van der Waals surface area contributed by atoms with E-state index in [9.17, 15) is 4.79 Å². The van der Waals surface area contributed by atoms with Crippen LogP contribution in [0.25, 0.3) is 6.08 Å². The maximum Gasteiger partial charge on any atom is 0.249 e. The number of aryl methyl sites for hydroxylation is 1. The van der Waals surface area contributed by atoms with Crippen LogP contribution < -0.4 is 10.1 Å². The summed E-state index contributed by atoms with van der Waals surface area (Å²) in [7, 11) is 1.66. The van der Waals surface area contributed by atoms with Gasteiger partial charge in [-0.1, -0.05) is 12.1 Å². The van der Waals surface area contributed by atoms with Gasteiger partial charge in [0.15, 0.2) is 0 Å². The fraction of sp³-hybridized carbons (Fsp3) is 0.188. The number of nitriles is 1. The monoisotopic (exact) mass is 296 g/mol. The molecule has 1 aromatic heterocycles. The number of nitrogens with zero attached hydrogens (tertiary/aromatic N) is 3. The van der Waals surface area contributed by atoms with Crippen LogP contribution in [0, 0.1) is 11.3 Å². The summed E-state index contributed by atoms with van der Waals surface area (Å²) in [6, 6.07) is 9.39. The minimum atomic E-state index is -0.325. The highest BCUT2D eigenvalue weighted by Gasteiger charge is 2.09. The van der Waals surface area contributed by atoms with Gasteiger partial charge in [-0.05, 0) is 30.7 Å². The van der Waals surface area contributed by atoms with Gasteiger partial charge in [0.05, 0.1) is 12.8 Å². The molecule has 2 rings (SSSR count). The molecule has 22 heavy (non-hydrogen) atoms. The number of nitrogens with one attached hydrogen (secondary N) is 1. The van der Waals surface area contributed by atoms with Crippen molar-refractivity contribution in [3.8, 4) is 11.8 Å². The third-order valence-corrected chi connectivity index (χ3v) is 2.92. The van der Waals surface area contributed by atoms with E-state index < -0.39 is 0 Å². The van der Waals surface area contributed by atoms with Crippen LogP contribution in [0.3, 0.4) is 0 Å². The number of anilines is 1. The maximum absolute atomic E-state index is 11.9. The van der Waals surface area contributed by atoms with E-state index in [-0.39, 0.29) is 5.91 Å². The Labute approximate surface area is 128 Å². The van der Waals surface area contributed by atoms with E-state index in [0.717, 1.165) is 11.3 Å². The van der Waals surface area contributed by atoms with Crippen molar-refractivity contribution in [1.29, 1.82) is 5.26 Å². The molecule has 2 aromatic rings. The fourth-order valence-corrected chi connectivity index (χ4v) is 1.84. The van der Waals surface area contributed by atoms with Gasteiger partial charge in [-0.15, -0.1) is 0 Å². The van der Waals surface area contributed by atoms with Gasteiger partial charge in [-0.2, -0.15) is 10.4 Å². The van der Waals surface area contributed by atoms with Crippen molar-refractivity contribution in [2.75, 3.05) is 11.9 Å². The van der Waals surface area contributed by atoms with Crippen LogP contribution in [-0.4, -0.2) is 22.3 Å². The molecule has 0 saturated heterocycles. The lowest BCUT2D eigenvalue weighted by Gasteiger charge is -2.03. The highest BCUT2D eigenvalue weighted by molar-refractivity contribution is 6.02. The maximum atomic E-state index is 11.9. The number of hydrogen-bond acceptors (Lipinski definition) is 4. The molecule has 0 spiro atoms. The van der Waals surface area contributed by atoms with Gasteiger partial charge in [0.25, 0.3) is 0 Å². The summed E-state index contributed by atoms with van der Waals surface area (Å²) in [6.07, 6.45) is 4.50. The second-order valence-electron chi connectivity index (χ2n) is 4.47. The molecule has 6 nitrogen and oxygen atoms in total. The van der Waals surface area contributed by atoms with Crippen LogP contribution in [0.15, 0.2) is 36.5 Å². The number of aromatic nitrogens is 2. The van der Waals surface area contributed by atoms with E-state index >= 15 is 0 Å². The molecular weight excluding hydrogens is 280 g/mol. The second-order valence-corrected chi connectivity index (χ2v) is 4.47. The number of ether oxygens (including phenoxy) is 1. The Morgan fingerprint density at radius 1 is 1.45 bits per heavy atom. The van der Waals surface area contributed by atoms with Gasteiger partial charge in [0, 0.05) is 13.1 Å². The summed E-state index contributed by atoms with van der Waals surface area (Å²) in [6.45, 7) is 2.54. The summed E-state index contributed by atoms with van der Waals surface area (Å²) in [5.41, 5.74) is 1.20. The Balaban J connectivity index is 2.02.